The van der Waals surface area contributed by atoms with Gasteiger partial charge in [-0.2, -0.15) is 0 Å². The van der Waals surface area contributed by atoms with E-state index in [0.29, 0.717) is 24.1 Å². The van der Waals surface area contributed by atoms with Gasteiger partial charge in [-0.05, 0) is 60.1 Å². The van der Waals surface area contributed by atoms with Gasteiger partial charge in [0.15, 0.2) is 11.9 Å². The number of thiophene rings is 1. The maximum atomic E-state index is 14.2. The first kappa shape index (κ1) is 24.7. The molecule has 8 nitrogen and oxygen atoms in total. The monoisotopic (exact) mass is 514 g/mol. The van der Waals surface area contributed by atoms with E-state index in [-0.39, 0.29) is 18.2 Å². The van der Waals surface area contributed by atoms with Crippen LogP contribution in [0.1, 0.15) is 66.4 Å². The van der Waals surface area contributed by atoms with Gasteiger partial charge in [0, 0.05) is 17.9 Å². The number of Topliss-reactive ketones (excluding diaryl/α,β-unsaturated/α-hetero) is 1. The summed E-state index contributed by atoms with van der Waals surface area (Å²) in [6, 6.07) is 3.46. The minimum absolute atomic E-state index is 0.0605. The molecule has 0 spiro atoms. The minimum atomic E-state index is -1.11. The molecule has 192 valence electrons. The highest BCUT2D eigenvalue weighted by Crippen LogP contribution is 2.65. The smallest absolute Gasteiger partial charge is 0.349 e. The fourth-order valence-corrected chi connectivity index (χ4v) is 7.77. The van der Waals surface area contributed by atoms with E-state index in [1.807, 2.05) is 26.2 Å². The molecular weight excluding hydrogens is 484 g/mol. The Morgan fingerprint density at radius 2 is 1.97 bits per heavy atom. The second-order valence-electron chi connectivity index (χ2n) is 10.8. The number of methoxy groups -OCH3 is 1. The second kappa shape index (κ2) is 8.87. The lowest BCUT2D eigenvalue weighted by Crippen LogP contribution is -2.64. The van der Waals surface area contributed by atoms with Crippen LogP contribution in [0.5, 0.6) is 0 Å². The molecule has 5 rings (SSSR count). The molecule has 2 aromatic heterocycles. The van der Waals surface area contributed by atoms with Crippen LogP contribution in [0.15, 0.2) is 34.5 Å². The van der Waals surface area contributed by atoms with Crippen LogP contribution in [-0.2, 0) is 28.6 Å². The highest BCUT2D eigenvalue weighted by molar-refractivity contribution is 7.12. The summed E-state index contributed by atoms with van der Waals surface area (Å²) in [6.07, 6.45) is 2.82. The third-order valence-electron chi connectivity index (χ3n) is 8.68. The van der Waals surface area contributed by atoms with E-state index < -0.39 is 52.7 Å². The molecule has 3 fully saturated rings. The molecule has 3 aliphatic rings. The predicted molar refractivity (Wildman–Crippen MR) is 128 cm³/mol. The summed E-state index contributed by atoms with van der Waals surface area (Å²) in [7, 11) is 1.33. The number of rotatable bonds is 4. The van der Waals surface area contributed by atoms with Gasteiger partial charge in [0.05, 0.1) is 31.5 Å². The quantitative estimate of drug-likeness (QED) is 0.428. The highest BCUT2D eigenvalue weighted by Gasteiger charge is 2.67. The second-order valence-corrected chi connectivity index (χ2v) is 11.7. The van der Waals surface area contributed by atoms with Crippen molar-refractivity contribution >= 4 is 35.0 Å². The molecule has 9 heteroatoms. The van der Waals surface area contributed by atoms with E-state index in [0.717, 1.165) is 11.1 Å². The Bertz CT molecular complexity index is 1200. The molecule has 0 N–H and O–H groups in total. The van der Waals surface area contributed by atoms with E-state index in [9.17, 15) is 19.2 Å². The number of carbonyl (C=O) groups excluding carboxylic acids is 4. The van der Waals surface area contributed by atoms with Crippen molar-refractivity contribution in [2.75, 3.05) is 7.11 Å². The van der Waals surface area contributed by atoms with Crippen molar-refractivity contribution < 1.29 is 37.8 Å². The molecule has 0 unspecified atom stereocenters. The third kappa shape index (κ3) is 3.79. The molecule has 7 atom stereocenters. The minimum Gasteiger partial charge on any atom is -0.472 e. The number of ketones is 1. The van der Waals surface area contributed by atoms with E-state index in [1.54, 1.807) is 12.1 Å². The van der Waals surface area contributed by atoms with Crippen molar-refractivity contribution in [3.05, 3.63) is 46.0 Å². The molecule has 0 aromatic carbocycles. The van der Waals surface area contributed by atoms with Crippen LogP contribution >= 0.6 is 11.3 Å². The van der Waals surface area contributed by atoms with Crippen molar-refractivity contribution in [1.29, 1.82) is 0 Å². The molecule has 2 aromatic rings. The summed E-state index contributed by atoms with van der Waals surface area (Å²) in [5.74, 6) is -3.48. The predicted octanol–water partition coefficient (Wildman–Crippen LogP) is 4.66. The molecule has 0 radical (unpaired) electrons. The first-order valence-electron chi connectivity index (χ1n) is 12.2. The average Bonchev–Trinajstić information content (AvgIpc) is 3.51. The van der Waals surface area contributed by atoms with Crippen molar-refractivity contribution in [2.24, 2.45) is 28.6 Å². The van der Waals surface area contributed by atoms with Gasteiger partial charge in [0.2, 0.25) is 0 Å². The standard InChI is InChI=1S/C27H30O8S/c1-14-9-20(36-13-14)25(31)34-18-10-17(23(29)32-4)26(2)7-5-16-24(30)35-19(15-6-8-33-12-15)11-27(16,3)22(26)21(18)28/h6,8-9,12-13,16-19,22H,5,7,10-11H2,1-4H3/t16-,17-,18-,19-,22-,26-,27-/m0/s1. The van der Waals surface area contributed by atoms with E-state index in [1.165, 1.54) is 31.0 Å². The normalized spacial score (nSPS) is 35.8. The number of hydrogen-bond donors (Lipinski definition) is 0. The Hall–Kier alpha value is -2.94. The van der Waals surface area contributed by atoms with E-state index >= 15 is 0 Å². The molecule has 2 saturated carbocycles. The maximum Gasteiger partial charge on any atom is 0.349 e. The van der Waals surface area contributed by atoms with Crippen LogP contribution in [0, 0.1) is 35.5 Å². The van der Waals surface area contributed by atoms with Gasteiger partial charge in [-0.25, -0.2) is 4.79 Å². The van der Waals surface area contributed by atoms with Crippen LogP contribution in [0.4, 0.5) is 0 Å². The van der Waals surface area contributed by atoms with Gasteiger partial charge in [-0.3, -0.25) is 14.4 Å². The SMILES string of the molecule is COC(=O)[C@@H]1C[C@H](OC(=O)c2cc(C)cs2)C(=O)[C@H]2[C@@]1(C)CC[C@H]1C(=O)O[C@H](c3ccoc3)C[C@]21C. The van der Waals surface area contributed by atoms with Crippen molar-refractivity contribution in [3.8, 4) is 0 Å². The van der Waals surface area contributed by atoms with E-state index in [2.05, 4.69) is 0 Å². The van der Waals surface area contributed by atoms with Crippen LogP contribution in [0.25, 0.3) is 0 Å². The zero-order valence-electron chi connectivity index (χ0n) is 20.8. The van der Waals surface area contributed by atoms with Crippen molar-refractivity contribution in [3.63, 3.8) is 0 Å². The maximum absolute atomic E-state index is 14.2. The highest BCUT2D eigenvalue weighted by atomic mass is 32.1. The first-order valence-corrected chi connectivity index (χ1v) is 13.1. The summed E-state index contributed by atoms with van der Waals surface area (Å²) < 4.78 is 21.9. The Kier molecular flexibility index (Phi) is 6.09. The number of ether oxygens (including phenoxy) is 3. The number of cyclic esters (lactones) is 1. The van der Waals surface area contributed by atoms with Gasteiger partial charge in [-0.15, -0.1) is 11.3 Å². The van der Waals surface area contributed by atoms with Crippen LogP contribution in [0.2, 0.25) is 0 Å². The first-order chi connectivity index (χ1) is 17.1. The lowest BCUT2D eigenvalue weighted by atomic mass is 9.43. The number of carbonyl (C=O) groups is 4. The largest absolute Gasteiger partial charge is 0.472 e. The molecule has 36 heavy (non-hydrogen) atoms. The fraction of sp³-hybridized carbons (Fsp3) is 0.556. The van der Waals surface area contributed by atoms with E-state index in [4.69, 9.17) is 18.6 Å². The third-order valence-corrected chi connectivity index (χ3v) is 9.71. The topological polar surface area (TPSA) is 109 Å². The lowest BCUT2D eigenvalue weighted by Gasteiger charge is -2.61. The Labute approximate surface area is 213 Å². The summed E-state index contributed by atoms with van der Waals surface area (Å²) in [4.78, 5) is 53.7. The molecular formula is C27H30O8S. The number of hydrogen-bond acceptors (Lipinski definition) is 9. The number of aryl methyl sites for hydroxylation is 1. The summed E-state index contributed by atoms with van der Waals surface area (Å²) in [5.41, 5.74) is 0.0870. The van der Waals surface area contributed by atoms with Gasteiger partial charge >= 0.3 is 17.9 Å². The van der Waals surface area contributed by atoms with Crippen LogP contribution in [0.3, 0.4) is 0 Å². The molecule has 1 aliphatic heterocycles. The summed E-state index contributed by atoms with van der Waals surface area (Å²) in [5, 5.41) is 1.84. The zero-order valence-corrected chi connectivity index (χ0v) is 21.6. The number of esters is 3. The molecule has 3 heterocycles. The molecule has 0 amide bonds. The van der Waals surface area contributed by atoms with Gasteiger partial charge < -0.3 is 18.6 Å². The lowest BCUT2D eigenvalue weighted by molar-refractivity contribution is -0.207. The Morgan fingerprint density at radius 1 is 1.19 bits per heavy atom. The van der Waals surface area contributed by atoms with Gasteiger partial charge in [0.25, 0.3) is 0 Å². The molecule has 1 saturated heterocycles. The molecule has 0 bridgehead atoms. The van der Waals surface area contributed by atoms with Gasteiger partial charge in [-0.1, -0.05) is 13.8 Å². The average molecular weight is 515 g/mol. The van der Waals surface area contributed by atoms with Crippen LogP contribution < -0.4 is 0 Å². The number of furan rings is 1. The van der Waals surface area contributed by atoms with Crippen LogP contribution in [-0.4, -0.2) is 36.9 Å². The zero-order chi connectivity index (χ0) is 25.8. The summed E-state index contributed by atoms with van der Waals surface area (Å²) >= 11 is 1.25. The summed E-state index contributed by atoms with van der Waals surface area (Å²) in [6.45, 7) is 5.75. The number of fused-ring (bicyclic) bond motifs is 3. The molecule has 2 aliphatic carbocycles. The Balaban J connectivity index is 1.54. The fourth-order valence-electron chi connectivity index (χ4n) is 6.99. The van der Waals surface area contributed by atoms with Gasteiger partial charge in [0.1, 0.15) is 11.0 Å². The Morgan fingerprint density at radius 3 is 2.61 bits per heavy atom. The van der Waals surface area contributed by atoms with Crippen molar-refractivity contribution in [2.45, 2.75) is 58.7 Å². The van der Waals surface area contributed by atoms with Crippen molar-refractivity contribution in [1.82, 2.24) is 0 Å².